The van der Waals surface area contributed by atoms with E-state index in [0.717, 1.165) is 63.4 Å². The second-order valence-corrected chi connectivity index (χ2v) is 10.2. The van der Waals surface area contributed by atoms with E-state index in [4.69, 9.17) is 9.47 Å². The Bertz CT molecular complexity index is 1100. The first kappa shape index (κ1) is 22.6. The average molecular weight is 471 g/mol. The molecule has 0 aromatic heterocycles. The van der Waals surface area contributed by atoms with Crippen molar-refractivity contribution in [1.29, 1.82) is 0 Å². The van der Waals surface area contributed by atoms with E-state index in [9.17, 15) is 5.11 Å². The summed E-state index contributed by atoms with van der Waals surface area (Å²) in [6, 6.07) is 27.5. The fourth-order valence-corrected chi connectivity index (χ4v) is 6.56. The number of hydrogen-bond acceptors (Lipinski definition) is 5. The van der Waals surface area contributed by atoms with E-state index in [0.29, 0.717) is 0 Å². The minimum Gasteiger partial charge on any atom is -0.454 e. The highest BCUT2D eigenvalue weighted by atomic mass is 16.7. The molecule has 3 aromatic rings. The van der Waals surface area contributed by atoms with E-state index < -0.39 is 5.60 Å². The predicted octanol–water partition coefficient (Wildman–Crippen LogP) is 4.65. The molecule has 5 heteroatoms. The number of piperazine rings is 1. The number of nitrogens with one attached hydrogen (secondary N) is 1. The van der Waals surface area contributed by atoms with Crippen LogP contribution in [0.5, 0.6) is 11.5 Å². The van der Waals surface area contributed by atoms with Crippen molar-refractivity contribution in [3.8, 4) is 11.5 Å². The summed E-state index contributed by atoms with van der Waals surface area (Å²) in [6.07, 6.45) is 3.28. The molecule has 0 bridgehead atoms. The van der Waals surface area contributed by atoms with Gasteiger partial charge < -0.3 is 19.9 Å². The maximum atomic E-state index is 12.3. The Kier molecular flexibility index (Phi) is 6.01. The minimum absolute atomic E-state index is 0.0531. The molecule has 0 radical (unpaired) electrons. The smallest absolute Gasteiger partial charge is 0.231 e. The summed E-state index contributed by atoms with van der Waals surface area (Å²) in [5, 5.41) is 15.8. The van der Waals surface area contributed by atoms with Crippen LogP contribution in [0, 0.1) is 0 Å². The molecule has 0 spiro atoms. The molecule has 1 saturated heterocycles. The molecule has 2 N–H and O–H groups in total. The van der Waals surface area contributed by atoms with E-state index in [1.165, 1.54) is 16.7 Å². The molecule has 2 heterocycles. The van der Waals surface area contributed by atoms with Crippen LogP contribution in [-0.4, -0.2) is 48.6 Å². The van der Waals surface area contributed by atoms with Gasteiger partial charge in [-0.2, -0.15) is 0 Å². The highest BCUT2D eigenvalue weighted by Gasteiger charge is 2.50. The zero-order chi connectivity index (χ0) is 23.7. The van der Waals surface area contributed by atoms with Crippen LogP contribution >= 0.6 is 0 Å². The Morgan fingerprint density at radius 2 is 1.34 bits per heavy atom. The molecule has 3 aromatic carbocycles. The second-order valence-electron chi connectivity index (χ2n) is 10.2. The van der Waals surface area contributed by atoms with Gasteiger partial charge in [0.05, 0.1) is 5.60 Å². The van der Waals surface area contributed by atoms with Gasteiger partial charge in [-0.05, 0) is 54.5 Å². The molecule has 6 rings (SSSR count). The topological polar surface area (TPSA) is 54.0 Å². The minimum atomic E-state index is -0.809. The summed E-state index contributed by atoms with van der Waals surface area (Å²) >= 11 is 0. The Labute approximate surface area is 207 Å². The Morgan fingerprint density at radius 3 is 1.97 bits per heavy atom. The molecule has 0 amide bonds. The molecule has 5 nitrogen and oxygen atoms in total. The van der Waals surface area contributed by atoms with Crippen LogP contribution in [0.1, 0.15) is 48.3 Å². The molecule has 35 heavy (non-hydrogen) atoms. The van der Waals surface area contributed by atoms with Gasteiger partial charge in [0.15, 0.2) is 11.5 Å². The van der Waals surface area contributed by atoms with Gasteiger partial charge in [0.2, 0.25) is 6.79 Å². The van der Waals surface area contributed by atoms with E-state index in [1.54, 1.807) is 0 Å². The Hall–Kier alpha value is -2.86. The summed E-state index contributed by atoms with van der Waals surface area (Å²) in [5.74, 6) is 1.61. The molecule has 2 fully saturated rings. The molecule has 0 unspecified atom stereocenters. The van der Waals surface area contributed by atoms with Gasteiger partial charge in [-0.1, -0.05) is 66.7 Å². The van der Waals surface area contributed by atoms with Crippen LogP contribution in [0.2, 0.25) is 0 Å². The Morgan fingerprint density at radius 1 is 0.743 bits per heavy atom. The third-order valence-electron chi connectivity index (χ3n) is 8.38. The summed E-state index contributed by atoms with van der Waals surface area (Å²) in [4.78, 5) is 2.64. The van der Waals surface area contributed by atoms with Crippen molar-refractivity contribution >= 4 is 0 Å². The van der Waals surface area contributed by atoms with Gasteiger partial charge in [0, 0.05) is 37.6 Å². The molecular formula is C30H34N2O3. The second kappa shape index (κ2) is 9.30. The lowest BCUT2D eigenvalue weighted by molar-refractivity contribution is -0.0701. The van der Waals surface area contributed by atoms with E-state index >= 15 is 0 Å². The molecule has 1 aliphatic carbocycles. The standard InChI is InChI=1S/C30H34N2O3/c33-30(28(23-7-3-1-4-8-23)24-9-5-2-6-10-24)15-13-29(14-16-30,32-19-17-31-18-20-32)25-11-12-26-27(21-25)35-22-34-26/h1-12,21,28,31,33H,13-20,22H2. The molecule has 2 aliphatic heterocycles. The van der Waals surface area contributed by atoms with Crippen molar-refractivity contribution in [3.05, 3.63) is 95.6 Å². The quantitative estimate of drug-likeness (QED) is 0.568. The van der Waals surface area contributed by atoms with Gasteiger partial charge in [0.25, 0.3) is 0 Å². The lowest BCUT2D eigenvalue weighted by Crippen LogP contribution is -2.58. The van der Waals surface area contributed by atoms with E-state index in [2.05, 4.69) is 76.9 Å². The highest BCUT2D eigenvalue weighted by molar-refractivity contribution is 5.47. The lowest BCUT2D eigenvalue weighted by Gasteiger charge is -2.53. The van der Waals surface area contributed by atoms with Crippen LogP contribution in [0.25, 0.3) is 0 Å². The maximum absolute atomic E-state index is 12.3. The van der Waals surface area contributed by atoms with Gasteiger partial charge in [0.1, 0.15) is 0 Å². The zero-order valence-electron chi connectivity index (χ0n) is 20.2. The summed E-state index contributed by atoms with van der Waals surface area (Å²) in [5.41, 5.74) is 2.71. The number of benzene rings is 3. The first-order chi connectivity index (χ1) is 17.2. The van der Waals surface area contributed by atoms with Gasteiger partial charge >= 0.3 is 0 Å². The van der Waals surface area contributed by atoms with Crippen LogP contribution < -0.4 is 14.8 Å². The lowest BCUT2D eigenvalue weighted by atomic mass is 9.63. The molecule has 3 aliphatic rings. The fourth-order valence-electron chi connectivity index (χ4n) is 6.56. The SMILES string of the molecule is OC1(C(c2ccccc2)c2ccccc2)CCC(c2ccc3c(c2)OCO3)(N2CCNCC2)CC1. The van der Waals surface area contributed by atoms with Crippen LogP contribution in [0.3, 0.4) is 0 Å². The van der Waals surface area contributed by atoms with Crippen molar-refractivity contribution in [2.75, 3.05) is 33.0 Å². The predicted molar refractivity (Wildman–Crippen MR) is 137 cm³/mol. The maximum Gasteiger partial charge on any atom is 0.231 e. The molecular weight excluding hydrogens is 436 g/mol. The van der Waals surface area contributed by atoms with Crippen LogP contribution in [0.4, 0.5) is 0 Å². The first-order valence-electron chi connectivity index (χ1n) is 12.9. The number of nitrogens with zero attached hydrogens (tertiary/aromatic N) is 1. The molecule has 0 atom stereocenters. The first-order valence-corrected chi connectivity index (χ1v) is 12.9. The van der Waals surface area contributed by atoms with E-state index in [-0.39, 0.29) is 18.2 Å². The third-order valence-corrected chi connectivity index (χ3v) is 8.38. The van der Waals surface area contributed by atoms with Crippen molar-refractivity contribution in [1.82, 2.24) is 10.2 Å². The third kappa shape index (κ3) is 4.12. The van der Waals surface area contributed by atoms with Crippen molar-refractivity contribution < 1.29 is 14.6 Å². The Balaban J connectivity index is 1.36. The van der Waals surface area contributed by atoms with Crippen molar-refractivity contribution in [3.63, 3.8) is 0 Å². The summed E-state index contributed by atoms with van der Waals surface area (Å²) < 4.78 is 11.4. The number of aliphatic hydroxyl groups is 1. The highest BCUT2D eigenvalue weighted by Crippen LogP contribution is 2.52. The average Bonchev–Trinajstić information content (AvgIpc) is 3.39. The van der Waals surface area contributed by atoms with Crippen molar-refractivity contribution in [2.24, 2.45) is 0 Å². The number of rotatable bonds is 5. The summed E-state index contributed by atoms with van der Waals surface area (Å²) in [7, 11) is 0. The van der Waals surface area contributed by atoms with Crippen molar-refractivity contribution in [2.45, 2.75) is 42.7 Å². The molecule has 1 saturated carbocycles. The van der Waals surface area contributed by atoms with Crippen LogP contribution in [-0.2, 0) is 5.54 Å². The fraction of sp³-hybridized carbons (Fsp3) is 0.400. The molecule has 182 valence electrons. The zero-order valence-corrected chi connectivity index (χ0v) is 20.2. The van der Waals surface area contributed by atoms with Gasteiger partial charge in [-0.25, -0.2) is 0 Å². The normalized spacial score (nSPS) is 26.7. The largest absolute Gasteiger partial charge is 0.454 e. The number of ether oxygens (including phenoxy) is 2. The van der Waals surface area contributed by atoms with Gasteiger partial charge in [-0.3, -0.25) is 4.90 Å². The summed E-state index contributed by atoms with van der Waals surface area (Å²) in [6.45, 7) is 4.29. The number of hydrogen-bond donors (Lipinski definition) is 2. The van der Waals surface area contributed by atoms with E-state index in [1.807, 2.05) is 12.1 Å². The van der Waals surface area contributed by atoms with Crippen LogP contribution in [0.15, 0.2) is 78.9 Å². The van der Waals surface area contributed by atoms with Gasteiger partial charge in [-0.15, -0.1) is 0 Å². The monoisotopic (exact) mass is 470 g/mol. The number of fused-ring (bicyclic) bond motifs is 1.